The molecule has 3 aromatic rings. The predicted octanol–water partition coefficient (Wildman–Crippen LogP) is 4.83. The number of aromatic nitrogens is 3. The molecule has 2 heterocycles. The van der Waals surface area contributed by atoms with Gasteiger partial charge in [-0.1, -0.05) is 18.2 Å². The van der Waals surface area contributed by atoms with Crippen molar-refractivity contribution in [2.24, 2.45) is 0 Å². The Hall–Kier alpha value is -3.51. The summed E-state index contributed by atoms with van der Waals surface area (Å²) >= 11 is 0. The van der Waals surface area contributed by atoms with E-state index in [0.29, 0.717) is 11.5 Å². The molecule has 0 saturated heterocycles. The van der Waals surface area contributed by atoms with Crippen LogP contribution in [0, 0.1) is 13.8 Å². The molecule has 1 aliphatic rings. The number of halogens is 1. The zero-order chi connectivity index (χ0) is 20.2. The van der Waals surface area contributed by atoms with Crippen LogP contribution < -0.4 is 5.32 Å². The molecule has 0 aliphatic heterocycles. The van der Waals surface area contributed by atoms with Gasteiger partial charge < -0.3 is 9.73 Å². The van der Waals surface area contributed by atoms with Crippen molar-refractivity contribution >= 4 is 23.9 Å². The Morgan fingerprint density at radius 2 is 2.00 bits per heavy atom. The van der Waals surface area contributed by atoms with Crippen LogP contribution in [0.15, 0.2) is 77.5 Å². The van der Waals surface area contributed by atoms with Gasteiger partial charge in [0.25, 0.3) is 5.91 Å². The lowest BCUT2D eigenvalue weighted by Crippen LogP contribution is -2.22. The highest BCUT2D eigenvalue weighted by atomic mass is 35.5. The molecule has 1 aliphatic carbocycles. The summed E-state index contributed by atoms with van der Waals surface area (Å²) < 4.78 is 5.32. The van der Waals surface area contributed by atoms with Gasteiger partial charge in [0.2, 0.25) is 12.3 Å². The van der Waals surface area contributed by atoms with Crippen LogP contribution in [-0.4, -0.2) is 21.1 Å². The summed E-state index contributed by atoms with van der Waals surface area (Å²) in [6.45, 7) is 3.94. The maximum atomic E-state index is 12.6. The molecule has 30 heavy (non-hydrogen) atoms. The monoisotopic (exact) mass is 420 g/mol. The second-order valence-electron chi connectivity index (χ2n) is 6.84. The number of benzene rings is 1. The Bertz CT molecular complexity index is 1150. The number of hydrogen-bond acceptors (Lipinski definition) is 5. The molecule has 4 rings (SSSR count). The Morgan fingerprint density at radius 3 is 2.77 bits per heavy atom. The Morgan fingerprint density at radius 1 is 1.13 bits per heavy atom. The van der Waals surface area contributed by atoms with Crippen molar-refractivity contribution in [1.29, 1.82) is 0 Å². The lowest BCUT2D eigenvalue weighted by molar-refractivity contribution is 0.0966. The Balaban J connectivity index is 0.00000256. The van der Waals surface area contributed by atoms with Gasteiger partial charge in [-0.2, -0.15) is 0 Å². The number of rotatable bonds is 4. The molecule has 2 aromatic heterocycles. The van der Waals surface area contributed by atoms with Crippen molar-refractivity contribution in [3.8, 4) is 11.5 Å². The maximum Gasteiger partial charge on any atom is 0.256 e. The van der Waals surface area contributed by atoms with Gasteiger partial charge in [-0.25, -0.2) is 0 Å². The van der Waals surface area contributed by atoms with Crippen molar-refractivity contribution in [2.75, 3.05) is 0 Å². The first-order chi connectivity index (χ1) is 14.1. The highest BCUT2D eigenvalue weighted by Crippen LogP contribution is 2.29. The molecule has 7 heteroatoms. The van der Waals surface area contributed by atoms with Gasteiger partial charge in [0.05, 0.1) is 0 Å². The third-order valence-corrected chi connectivity index (χ3v) is 4.81. The number of carbonyl (C=O) groups excluding carboxylic acids is 1. The zero-order valence-corrected chi connectivity index (χ0v) is 17.4. The topological polar surface area (TPSA) is 80.9 Å². The lowest BCUT2D eigenvalue weighted by atomic mass is 9.95. The third-order valence-electron chi connectivity index (χ3n) is 4.81. The van der Waals surface area contributed by atoms with E-state index in [4.69, 9.17) is 4.42 Å². The summed E-state index contributed by atoms with van der Waals surface area (Å²) in [5.74, 6) is 0.347. The van der Waals surface area contributed by atoms with E-state index in [9.17, 15) is 4.79 Å². The van der Waals surface area contributed by atoms with E-state index in [1.807, 2.05) is 43.4 Å². The van der Waals surface area contributed by atoms with E-state index < -0.39 is 0 Å². The fourth-order valence-corrected chi connectivity index (χ4v) is 3.24. The molecular weight excluding hydrogens is 400 g/mol. The van der Waals surface area contributed by atoms with E-state index in [0.717, 1.165) is 39.9 Å². The van der Waals surface area contributed by atoms with Crippen LogP contribution in [0.1, 0.15) is 33.5 Å². The van der Waals surface area contributed by atoms with Crippen LogP contribution in [0.5, 0.6) is 0 Å². The largest absolute Gasteiger partial charge is 0.423 e. The van der Waals surface area contributed by atoms with Gasteiger partial charge in [0, 0.05) is 29.2 Å². The molecule has 0 fully saturated rings. The SMILES string of the molecule is Cc1cnccc1C(=O)NC1=CC=C(c2cc(-c3nnco3)ccc2C)CC=C1.Cl. The summed E-state index contributed by atoms with van der Waals surface area (Å²) in [5.41, 5.74) is 6.48. The number of pyridine rings is 1. The fraction of sp³-hybridized carbons (Fsp3) is 0.130. The predicted molar refractivity (Wildman–Crippen MR) is 118 cm³/mol. The quantitative estimate of drug-likeness (QED) is 0.653. The Kier molecular flexibility index (Phi) is 6.59. The number of hydrogen-bond donors (Lipinski definition) is 1. The molecule has 0 bridgehead atoms. The third kappa shape index (κ3) is 4.55. The van der Waals surface area contributed by atoms with E-state index in [1.165, 1.54) is 6.39 Å². The molecule has 1 aromatic carbocycles. The maximum absolute atomic E-state index is 12.6. The van der Waals surface area contributed by atoms with Crippen molar-refractivity contribution in [2.45, 2.75) is 20.3 Å². The molecule has 1 N–H and O–H groups in total. The van der Waals surface area contributed by atoms with Crippen molar-refractivity contribution < 1.29 is 9.21 Å². The minimum absolute atomic E-state index is 0. The highest BCUT2D eigenvalue weighted by molar-refractivity contribution is 5.96. The number of nitrogens with one attached hydrogen (secondary N) is 1. The summed E-state index contributed by atoms with van der Waals surface area (Å²) in [7, 11) is 0. The van der Waals surface area contributed by atoms with Crippen LogP contribution in [0.4, 0.5) is 0 Å². The van der Waals surface area contributed by atoms with Gasteiger partial charge in [-0.15, -0.1) is 22.6 Å². The van der Waals surface area contributed by atoms with Crippen LogP contribution in [0.3, 0.4) is 0 Å². The van der Waals surface area contributed by atoms with Crippen LogP contribution >= 0.6 is 12.4 Å². The molecule has 1 amide bonds. The van der Waals surface area contributed by atoms with Crippen molar-refractivity contribution in [1.82, 2.24) is 20.5 Å². The first-order valence-electron chi connectivity index (χ1n) is 9.29. The van der Waals surface area contributed by atoms with Gasteiger partial charge in [0.1, 0.15) is 0 Å². The number of nitrogens with zero attached hydrogens (tertiary/aromatic N) is 3. The van der Waals surface area contributed by atoms with Crippen molar-refractivity contribution in [3.63, 3.8) is 0 Å². The minimum Gasteiger partial charge on any atom is -0.423 e. The van der Waals surface area contributed by atoms with Crippen LogP contribution in [-0.2, 0) is 0 Å². The molecule has 0 atom stereocenters. The molecule has 0 spiro atoms. The number of amides is 1. The van der Waals surface area contributed by atoms with E-state index in [1.54, 1.807) is 18.5 Å². The smallest absolute Gasteiger partial charge is 0.256 e. The fourth-order valence-electron chi connectivity index (χ4n) is 3.24. The second kappa shape index (κ2) is 9.33. The van der Waals surface area contributed by atoms with Crippen molar-refractivity contribution in [3.05, 3.63) is 95.3 Å². The summed E-state index contributed by atoms with van der Waals surface area (Å²) in [6, 6.07) is 7.79. The average Bonchev–Trinajstić information content (AvgIpc) is 3.16. The van der Waals surface area contributed by atoms with Gasteiger partial charge >= 0.3 is 0 Å². The Labute approximate surface area is 180 Å². The number of aryl methyl sites for hydroxylation is 2. The molecule has 152 valence electrons. The first kappa shape index (κ1) is 21.2. The number of allylic oxidation sites excluding steroid dienone is 5. The molecule has 0 radical (unpaired) electrons. The summed E-state index contributed by atoms with van der Waals surface area (Å²) in [6.07, 6.45) is 13.3. The van der Waals surface area contributed by atoms with Gasteiger partial charge in [-0.3, -0.25) is 9.78 Å². The summed E-state index contributed by atoms with van der Waals surface area (Å²) in [4.78, 5) is 16.6. The lowest BCUT2D eigenvalue weighted by Gasteiger charge is -2.09. The van der Waals surface area contributed by atoms with E-state index >= 15 is 0 Å². The summed E-state index contributed by atoms with van der Waals surface area (Å²) in [5, 5.41) is 10.7. The van der Waals surface area contributed by atoms with Crippen LogP contribution in [0.25, 0.3) is 17.0 Å². The molecule has 6 nitrogen and oxygen atoms in total. The van der Waals surface area contributed by atoms with E-state index in [-0.39, 0.29) is 18.3 Å². The standard InChI is InChI=1S/C23H20N4O2.ClH/c1-15-6-7-18(23-27-25-14-29-23)12-21(15)17-4-3-5-19(9-8-17)26-22(28)20-10-11-24-13-16(20)2;/h3,5-14H,4H2,1-2H3,(H,26,28);1H. The average molecular weight is 421 g/mol. The highest BCUT2D eigenvalue weighted by Gasteiger charge is 2.12. The first-order valence-corrected chi connectivity index (χ1v) is 9.29. The molecule has 0 saturated carbocycles. The van der Waals surface area contributed by atoms with E-state index in [2.05, 4.69) is 33.5 Å². The number of carbonyl (C=O) groups is 1. The van der Waals surface area contributed by atoms with Gasteiger partial charge in [0.15, 0.2) is 0 Å². The van der Waals surface area contributed by atoms with Crippen LogP contribution in [0.2, 0.25) is 0 Å². The normalized spacial score (nSPS) is 13.0. The second-order valence-corrected chi connectivity index (χ2v) is 6.84. The minimum atomic E-state index is -0.146. The molecular formula is C23H21ClN4O2. The zero-order valence-electron chi connectivity index (χ0n) is 16.6. The molecule has 0 unspecified atom stereocenters. The van der Waals surface area contributed by atoms with Gasteiger partial charge in [-0.05, 0) is 72.9 Å².